The predicted molar refractivity (Wildman–Crippen MR) is 65.9 cm³/mol. The van der Waals surface area contributed by atoms with Gasteiger partial charge < -0.3 is 20.1 Å². The maximum absolute atomic E-state index is 7.22. The maximum Gasteiger partial charge on any atom is 0.0920 e. The Bertz CT molecular complexity index is 188. The van der Waals surface area contributed by atoms with E-state index in [4.69, 9.17) is 20.6 Å². The molecule has 0 heterocycles. The SMILES string of the molecule is COCCOCCCN(C)C(C)CC(=N)N. The van der Waals surface area contributed by atoms with Crippen LogP contribution in [0.4, 0.5) is 0 Å². The second-order valence-electron chi connectivity index (χ2n) is 4.02. The van der Waals surface area contributed by atoms with E-state index in [2.05, 4.69) is 11.8 Å². The first-order valence-corrected chi connectivity index (χ1v) is 5.67. The molecule has 0 spiro atoms. The number of nitrogens with one attached hydrogen (secondary N) is 1. The van der Waals surface area contributed by atoms with Crippen molar-refractivity contribution in [2.75, 3.05) is 40.5 Å². The van der Waals surface area contributed by atoms with Gasteiger partial charge in [0, 0.05) is 32.7 Å². The van der Waals surface area contributed by atoms with Crippen molar-refractivity contribution < 1.29 is 9.47 Å². The number of methoxy groups -OCH3 is 1. The molecular formula is C11H25N3O2. The van der Waals surface area contributed by atoms with Crippen LogP contribution in [0.2, 0.25) is 0 Å². The lowest BCUT2D eigenvalue weighted by atomic mass is 10.2. The van der Waals surface area contributed by atoms with E-state index >= 15 is 0 Å². The molecule has 0 bridgehead atoms. The third-order valence-electron chi connectivity index (χ3n) is 2.50. The van der Waals surface area contributed by atoms with E-state index in [1.165, 1.54) is 0 Å². The summed E-state index contributed by atoms with van der Waals surface area (Å²) in [7, 11) is 3.71. The molecule has 5 heteroatoms. The Labute approximate surface area is 98.4 Å². The number of ether oxygens (including phenoxy) is 2. The fraction of sp³-hybridized carbons (Fsp3) is 0.909. The van der Waals surface area contributed by atoms with Crippen molar-refractivity contribution in [3.05, 3.63) is 0 Å². The number of nitrogens with zero attached hydrogens (tertiary/aromatic N) is 1. The van der Waals surface area contributed by atoms with Gasteiger partial charge in [0.05, 0.1) is 19.0 Å². The van der Waals surface area contributed by atoms with Crippen LogP contribution < -0.4 is 5.73 Å². The van der Waals surface area contributed by atoms with E-state index in [1.54, 1.807) is 7.11 Å². The molecule has 3 N–H and O–H groups in total. The number of nitrogens with two attached hydrogens (primary N) is 1. The topological polar surface area (TPSA) is 71.6 Å². The van der Waals surface area contributed by atoms with Gasteiger partial charge in [-0.3, -0.25) is 5.41 Å². The highest BCUT2D eigenvalue weighted by Crippen LogP contribution is 2.01. The molecule has 0 aliphatic heterocycles. The van der Waals surface area contributed by atoms with Gasteiger partial charge in [-0.25, -0.2) is 0 Å². The van der Waals surface area contributed by atoms with Crippen LogP contribution in [0.25, 0.3) is 0 Å². The van der Waals surface area contributed by atoms with E-state index in [9.17, 15) is 0 Å². The summed E-state index contributed by atoms with van der Waals surface area (Å²) in [6.45, 7) is 5.09. The van der Waals surface area contributed by atoms with Crippen LogP contribution in [0.5, 0.6) is 0 Å². The number of hydrogen-bond donors (Lipinski definition) is 2. The highest BCUT2D eigenvalue weighted by atomic mass is 16.5. The molecule has 1 unspecified atom stereocenters. The lowest BCUT2D eigenvalue weighted by molar-refractivity contribution is 0.0649. The summed E-state index contributed by atoms with van der Waals surface area (Å²) in [5.74, 6) is 0.246. The molecule has 0 aromatic heterocycles. The molecule has 0 saturated carbocycles. The summed E-state index contributed by atoms with van der Waals surface area (Å²) in [5.41, 5.74) is 5.36. The fourth-order valence-corrected chi connectivity index (χ4v) is 1.35. The normalized spacial score (nSPS) is 13.0. The lowest BCUT2D eigenvalue weighted by Crippen LogP contribution is -2.34. The van der Waals surface area contributed by atoms with Gasteiger partial charge in [0.1, 0.15) is 0 Å². The Kier molecular flexibility index (Phi) is 9.18. The van der Waals surface area contributed by atoms with Crippen molar-refractivity contribution in [3.63, 3.8) is 0 Å². The minimum atomic E-state index is 0.246. The summed E-state index contributed by atoms with van der Waals surface area (Å²) in [4.78, 5) is 2.20. The molecular weight excluding hydrogens is 206 g/mol. The fourth-order valence-electron chi connectivity index (χ4n) is 1.35. The average molecular weight is 231 g/mol. The van der Waals surface area contributed by atoms with Gasteiger partial charge in [-0.15, -0.1) is 0 Å². The minimum Gasteiger partial charge on any atom is -0.388 e. The number of rotatable bonds is 10. The molecule has 96 valence electrons. The molecule has 0 amide bonds. The van der Waals surface area contributed by atoms with E-state index < -0.39 is 0 Å². The van der Waals surface area contributed by atoms with Gasteiger partial charge in [0.15, 0.2) is 0 Å². The number of amidine groups is 1. The van der Waals surface area contributed by atoms with Crippen LogP contribution in [0.15, 0.2) is 0 Å². The minimum absolute atomic E-state index is 0.246. The van der Waals surface area contributed by atoms with Gasteiger partial charge in [-0.05, 0) is 20.4 Å². The maximum atomic E-state index is 7.22. The standard InChI is InChI=1S/C11H25N3O2/c1-10(9-11(12)13)14(2)5-4-6-16-8-7-15-3/h10H,4-9H2,1-3H3,(H3,12,13). The third-order valence-corrected chi connectivity index (χ3v) is 2.50. The van der Waals surface area contributed by atoms with Crippen LogP contribution in [0.3, 0.4) is 0 Å². The van der Waals surface area contributed by atoms with Gasteiger partial charge in [0.25, 0.3) is 0 Å². The summed E-state index contributed by atoms with van der Waals surface area (Å²) in [6, 6.07) is 0.316. The molecule has 16 heavy (non-hydrogen) atoms. The third kappa shape index (κ3) is 8.64. The smallest absolute Gasteiger partial charge is 0.0920 e. The average Bonchev–Trinajstić information content (AvgIpc) is 2.21. The van der Waals surface area contributed by atoms with E-state index in [-0.39, 0.29) is 5.84 Å². The van der Waals surface area contributed by atoms with Gasteiger partial charge in [-0.1, -0.05) is 0 Å². The van der Waals surface area contributed by atoms with Crippen molar-refractivity contribution in [1.29, 1.82) is 5.41 Å². The highest BCUT2D eigenvalue weighted by molar-refractivity contribution is 5.77. The van der Waals surface area contributed by atoms with Gasteiger partial charge in [0.2, 0.25) is 0 Å². The summed E-state index contributed by atoms with van der Waals surface area (Å²) in [6.07, 6.45) is 1.61. The Morgan fingerprint density at radius 1 is 1.38 bits per heavy atom. The summed E-state index contributed by atoms with van der Waals surface area (Å²) >= 11 is 0. The van der Waals surface area contributed by atoms with Gasteiger partial charge in [-0.2, -0.15) is 0 Å². The van der Waals surface area contributed by atoms with Crippen LogP contribution in [0, 0.1) is 5.41 Å². The highest BCUT2D eigenvalue weighted by Gasteiger charge is 2.09. The Morgan fingerprint density at radius 2 is 2.06 bits per heavy atom. The predicted octanol–water partition coefficient (Wildman–Crippen LogP) is 0.686. The van der Waals surface area contributed by atoms with E-state index in [0.717, 1.165) is 19.6 Å². The molecule has 0 aromatic carbocycles. The molecule has 0 fully saturated rings. The summed E-state index contributed by atoms with van der Waals surface area (Å²) in [5, 5.41) is 7.22. The first-order chi connectivity index (χ1) is 7.57. The second kappa shape index (κ2) is 9.57. The van der Waals surface area contributed by atoms with E-state index in [0.29, 0.717) is 25.7 Å². The van der Waals surface area contributed by atoms with E-state index in [1.807, 2.05) is 7.05 Å². The Morgan fingerprint density at radius 3 is 2.62 bits per heavy atom. The van der Waals surface area contributed by atoms with Crippen LogP contribution in [-0.2, 0) is 9.47 Å². The van der Waals surface area contributed by atoms with Crippen LogP contribution >= 0.6 is 0 Å². The second-order valence-corrected chi connectivity index (χ2v) is 4.02. The van der Waals surface area contributed by atoms with Crippen LogP contribution in [-0.4, -0.2) is 57.3 Å². The van der Waals surface area contributed by atoms with Crippen molar-refractivity contribution in [2.24, 2.45) is 5.73 Å². The van der Waals surface area contributed by atoms with Crippen molar-refractivity contribution in [2.45, 2.75) is 25.8 Å². The molecule has 0 rings (SSSR count). The zero-order valence-electron chi connectivity index (χ0n) is 10.7. The molecule has 0 aliphatic rings. The first kappa shape index (κ1) is 15.3. The van der Waals surface area contributed by atoms with Crippen molar-refractivity contribution in [1.82, 2.24) is 4.90 Å². The first-order valence-electron chi connectivity index (χ1n) is 5.67. The largest absolute Gasteiger partial charge is 0.388 e. The monoisotopic (exact) mass is 231 g/mol. The van der Waals surface area contributed by atoms with Crippen molar-refractivity contribution >= 4 is 5.84 Å². The zero-order valence-corrected chi connectivity index (χ0v) is 10.7. The molecule has 1 atom stereocenters. The molecule has 0 aromatic rings. The zero-order chi connectivity index (χ0) is 12.4. The number of hydrogen-bond acceptors (Lipinski definition) is 4. The molecule has 5 nitrogen and oxygen atoms in total. The molecule has 0 saturated heterocycles. The lowest BCUT2D eigenvalue weighted by Gasteiger charge is -2.24. The quantitative estimate of drug-likeness (QED) is 0.329. The van der Waals surface area contributed by atoms with Gasteiger partial charge >= 0.3 is 0 Å². The molecule has 0 aliphatic carbocycles. The molecule has 0 radical (unpaired) electrons. The van der Waals surface area contributed by atoms with Crippen molar-refractivity contribution in [3.8, 4) is 0 Å². The van der Waals surface area contributed by atoms with Crippen LogP contribution in [0.1, 0.15) is 19.8 Å². The Balaban J connectivity index is 3.42. The summed E-state index contributed by atoms with van der Waals surface area (Å²) < 4.78 is 10.2. The Hall–Kier alpha value is -0.650.